The van der Waals surface area contributed by atoms with Crippen LogP contribution in [-0.2, 0) is 27.3 Å². The summed E-state index contributed by atoms with van der Waals surface area (Å²) < 4.78 is 42.6. The first-order valence-electron chi connectivity index (χ1n) is 11.2. The molecular formula is C27H30O5S. The summed E-state index contributed by atoms with van der Waals surface area (Å²) in [7, 11) is -3.78. The predicted octanol–water partition coefficient (Wildman–Crippen LogP) is 5.60. The van der Waals surface area contributed by atoms with E-state index in [-0.39, 0.29) is 17.6 Å². The lowest BCUT2D eigenvalue weighted by Gasteiger charge is -2.18. The summed E-state index contributed by atoms with van der Waals surface area (Å²) in [5.41, 5.74) is 6.47. The summed E-state index contributed by atoms with van der Waals surface area (Å²) in [6.45, 7) is 8.66. The Labute approximate surface area is 196 Å². The standard InChI is InChI=1S/C27H30O5S/c1-18-10-12-24(13-11-18)33(28,29)31-15-14-23-16-25-21(4)26(19(2)20(3)27(25)32-23)30-17-22-8-6-5-7-9-22/h5-13,23H,14-17H2,1-4H3. The van der Waals surface area contributed by atoms with Gasteiger partial charge in [-0.25, -0.2) is 0 Å². The normalized spacial score (nSPS) is 15.2. The Balaban J connectivity index is 1.41. The van der Waals surface area contributed by atoms with Crippen molar-refractivity contribution in [3.05, 3.63) is 88.0 Å². The van der Waals surface area contributed by atoms with E-state index in [0.29, 0.717) is 19.4 Å². The van der Waals surface area contributed by atoms with Gasteiger partial charge in [-0.05, 0) is 62.1 Å². The van der Waals surface area contributed by atoms with Gasteiger partial charge in [0.05, 0.1) is 11.5 Å². The van der Waals surface area contributed by atoms with Gasteiger partial charge in [-0.1, -0.05) is 48.0 Å². The van der Waals surface area contributed by atoms with Gasteiger partial charge in [0.25, 0.3) is 10.1 Å². The van der Waals surface area contributed by atoms with E-state index >= 15 is 0 Å². The molecule has 0 N–H and O–H groups in total. The van der Waals surface area contributed by atoms with E-state index in [1.165, 1.54) is 0 Å². The van der Waals surface area contributed by atoms with Gasteiger partial charge < -0.3 is 9.47 Å². The molecule has 1 aliphatic rings. The van der Waals surface area contributed by atoms with Crippen molar-refractivity contribution in [3.63, 3.8) is 0 Å². The molecule has 4 rings (SSSR count). The molecule has 0 amide bonds. The van der Waals surface area contributed by atoms with Gasteiger partial charge in [-0.2, -0.15) is 8.42 Å². The molecule has 1 unspecified atom stereocenters. The second kappa shape index (κ2) is 9.57. The minimum atomic E-state index is -3.78. The number of benzene rings is 3. The molecule has 33 heavy (non-hydrogen) atoms. The molecule has 174 valence electrons. The quantitative estimate of drug-likeness (QED) is 0.405. The van der Waals surface area contributed by atoms with E-state index in [1.807, 2.05) is 32.0 Å². The van der Waals surface area contributed by atoms with Crippen molar-refractivity contribution in [2.24, 2.45) is 0 Å². The highest BCUT2D eigenvalue weighted by molar-refractivity contribution is 7.86. The minimum absolute atomic E-state index is 0.0727. The Morgan fingerprint density at radius 1 is 0.909 bits per heavy atom. The number of aryl methyl sites for hydroxylation is 1. The zero-order valence-corrected chi connectivity index (χ0v) is 20.4. The highest BCUT2D eigenvalue weighted by atomic mass is 32.2. The van der Waals surface area contributed by atoms with Gasteiger partial charge in [0.1, 0.15) is 24.2 Å². The largest absolute Gasteiger partial charge is 0.489 e. The van der Waals surface area contributed by atoms with E-state index in [0.717, 1.165) is 44.9 Å². The molecule has 0 saturated carbocycles. The summed E-state index contributed by atoms with van der Waals surface area (Å²) in [6, 6.07) is 16.8. The molecule has 0 bridgehead atoms. The molecule has 0 aliphatic carbocycles. The molecule has 0 spiro atoms. The maximum Gasteiger partial charge on any atom is 0.296 e. The number of hydrogen-bond acceptors (Lipinski definition) is 5. The maximum atomic E-state index is 12.4. The molecule has 0 aromatic heterocycles. The fraction of sp³-hybridized carbons (Fsp3) is 0.333. The van der Waals surface area contributed by atoms with Crippen LogP contribution in [0, 0.1) is 27.7 Å². The molecule has 1 aliphatic heterocycles. The Morgan fingerprint density at radius 3 is 2.30 bits per heavy atom. The van der Waals surface area contributed by atoms with Crippen LogP contribution >= 0.6 is 0 Å². The number of rotatable bonds is 8. The summed E-state index contributed by atoms with van der Waals surface area (Å²) >= 11 is 0. The van der Waals surface area contributed by atoms with E-state index < -0.39 is 10.1 Å². The van der Waals surface area contributed by atoms with Crippen LogP contribution in [0.15, 0.2) is 59.5 Å². The third-order valence-electron chi connectivity index (χ3n) is 6.24. The summed E-state index contributed by atoms with van der Waals surface area (Å²) in [6.07, 6.45) is 1.06. The first-order chi connectivity index (χ1) is 15.8. The van der Waals surface area contributed by atoms with Crippen LogP contribution in [0.1, 0.15) is 39.8 Å². The van der Waals surface area contributed by atoms with Crippen LogP contribution < -0.4 is 9.47 Å². The van der Waals surface area contributed by atoms with Crippen molar-refractivity contribution >= 4 is 10.1 Å². The van der Waals surface area contributed by atoms with Gasteiger partial charge >= 0.3 is 0 Å². The van der Waals surface area contributed by atoms with Gasteiger partial charge in [0, 0.05) is 18.4 Å². The Morgan fingerprint density at radius 2 is 1.61 bits per heavy atom. The van der Waals surface area contributed by atoms with Crippen molar-refractivity contribution in [2.75, 3.05) is 6.61 Å². The van der Waals surface area contributed by atoms with Crippen molar-refractivity contribution < 1.29 is 22.1 Å². The zero-order valence-electron chi connectivity index (χ0n) is 19.6. The molecule has 5 nitrogen and oxygen atoms in total. The van der Waals surface area contributed by atoms with E-state index in [2.05, 4.69) is 26.0 Å². The molecule has 0 fully saturated rings. The van der Waals surface area contributed by atoms with Crippen molar-refractivity contribution in [1.29, 1.82) is 0 Å². The van der Waals surface area contributed by atoms with Crippen LogP contribution in [-0.4, -0.2) is 21.1 Å². The minimum Gasteiger partial charge on any atom is -0.489 e. The Bertz CT molecular complexity index is 1230. The third-order valence-corrected chi connectivity index (χ3v) is 7.57. The highest BCUT2D eigenvalue weighted by Crippen LogP contribution is 2.43. The fourth-order valence-electron chi connectivity index (χ4n) is 4.17. The molecule has 1 atom stereocenters. The lowest BCUT2D eigenvalue weighted by Crippen LogP contribution is -2.18. The first-order valence-corrected chi connectivity index (χ1v) is 12.6. The number of ether oxygens (including phenoxy) is 2. The van der Waals surface area contributed by atoms with Gasteiger partial charge in [-0.3, -0.25) is 4.18 Å². The number of hydrogen-bond donors (Lipinski definition) is 0. The Kier molecular flexibility index (Phi) is 6.77. The lowest BCUT2D eigenvalue weighted by molar-refractivity contribution is 0.185. The monoisotopic (exact) mass is 466 g/mol. The maximum absolute atomic E-state index is 12.4. The third kappa shape index (κ3) is 5.07. The Hall–Kier alpha value is -2.83. The topological polar surface area (TPSA) is 61.8 Å². The SMILES string of the molecule is Cc1ccc(S(=O)(=O)OCCC2Cc3c(C)c(OCc4ccccc4)c(C)c(C)c3O2)cc1. The highest BCUT2D eigenvalue weighted by Gasteiger charge is 2.30. The lowest BCUT2D eigenvalue weighted by atomic mass is 9.95. The molecule has 3 aromatic rings. The second-order valence-corrected chi connectivity index (χ2v) is 10.2. The molecular weight excluding hydrogens is 436 g/mol. The molecule has 3 aromatic carbocycles. The van der Waals surface area contributed by atoms with Gasteiger partial charge in [0.15, 0.2) is 0 Å². The van der Waals surface area contributed by atoms with Crippen molar-refractivity contribution in [3.8, 4) is 11.5 Å². The van der Waals surface area contributed by atoms with E-state index in [1.54, 1.807) is 24.3 Å². The number of fused-ring (bicyclic) bond motifs is 1. The van der Waals surface area contributed by atoms with Gasteiger partial charge in [0.2, 0.25) is 0 Å². The van der Waals surface area contributed by atoms with Crippen LogP contribution in [0.2, 0.25) is 0 Å². The van der Waals surface area contributed by atoms with Crippen LogP contribution in [0.3, 0.4) is 0 Å². The second-order valence-electron chi connectivity index (χ2n) is 8.61. The average molecular weight is 467 g/mol. The van der Waals surface area contributed by atoms with Crippen molar-refractivity contribution in [2.45, 2.75) is 58.1 Å². The van der Waals surface area contributed by atoms with E-state index in [4.69, 9.17) is 13.7 Å². The first kappa shape index (κ1) is 23.3. The zero-order chi connectivity index (χ0) is 23.6. The molecule has 6 heteroatoms. The van der Waals surface area contributed by atoms with Crippen LogP contribution in [0.4, 0.5) is 0 Å². The molecule has 0 radical (unpaired) electrons. The molecule has 0 saturated heterocycles. The van der Waals surface area contributed by atoms with Gasteiger partial charge in [-0.15, -0.1) is 0 Å². The van der Waals surface area contributed by atoms with Crippen LogP contribution in [0.5, 0.6) is 11.5 Å². The van der Waals surface area contributed by atoms with Crippen LogP contribution in [0.25, 0.3) is 0 Å². The summed E-state index contributed by atoms with van der Waals surface area (Å²) in [5.74, 6) is 1.79. The molecule has 1 heterocycles. The average Bonchev–Trinajstić information content (AvgIpc) is 3.23. The van der Waals surface area contributed by atoms with Crippen molar-refractivity contribution in [1.82, 2.24) is 0 Å². The fourth-order valence-corrected chi connectivity index (χ4v) is 5.09. The van der Waals surface area contributed by atoms with E-state index in [9.17, 15) is 8.42 Å². The predicted molar refractivity (Wildman–Crippen MR) is 128 cm³/mol. The smallest absolute Gasteiger partial charge is 0.296 e. The summed E-state index contributed by atoms with van der Waals surface area (Å²) in [4.78, 5) is 0.172. The summed E-state index contributed by atoms with van der Waals surface area (Å²) in [5, 5.41) is 0.